The van der Waals surface area contributed by atoms with Crippen molar-refractivity contribution in [2.24, 2.45) is 0 Å². The molecule has 0 aliphatic heterocycles. The third-order valence-electron chi connectivity index (χ3n) is 3.58. The van der Waals surface area contributed by atoms with E-state index < -0.39 is 0 Å². The second kappa shape index (κ2) is 5.93. The van der Waals surface area contributed by atoms with Gasteiger partial charge in [0.1, 0.15) is 5.75 Å². The van der Waals surface area contributed by atoms with Gasteiger partial charge in [-0.2, -0.15) is 0 Å². The summed E-state index contributed by atoms with van der Waals surface area (Å²) in [5, 5.41) is 1.01. The molecular weight excluding hydrogens is 278 g/mol. The molecule has 0 atom stereocenters. The molecule has 22 heavy (non-hydrogen) atoms. The molecular formula is C18H17NO3. The lowest BCUT2D eigenvalue weighted by atomic mass is 10.1. The van der Waals surface area contributed by atoms with Crippen LogP contribution in [0.1, 0.15) is 0 Å². The van der Waals surface area contributed by atoms with Crippen molar-refractivity contribution in [1.29, 1.82) is 0 Å². The van der Waals surface area contributed by atoms with E-state index >= 15 is 0 Å². The molecule has 3 aromatic rings. The molecule has 4 heteroatoms. The fraction of sp³-hybridized carbons (Fsp3) is 0.167. The molecule has 0 unspecified atom stereocenters. The molecule has 0 aliphatic carbocycles. The van der Waals surface area contributed by atoms with Crippen molar-refractivity contribution < 1.29 is 14.2 Å². The van der Waals surface area contributed by atoms with Gasteiger partial charge in [-0.25, -0.2) is 4.98 Å². The third kappa shape index (κ3) is 2.55. The molecule has 1 heterocycles. The van der Waals surface area contributed by atoms with Gasteiger partial charge in [0.25, 0.3) is 0 Å². The maximum absolute atomic E-state index is 5.34. The van der Waals surface area contributed by atoms with Crippen molar-refractivity contribution in [3.63, 3.8) is 0 Å². The minimum atomic E-state index is 0.675. The number of hydrogen-bond donors (Lipinski definition) is 0. The molecule has 4 nitrogen and oxygen atoms in total. The van der Waals surface area contributed by atoms with Crippen LogP contribution in [0.2, 0.25) is 0 Å². The van der Waals surface area contributed by atoms with E-state index in [0.717, 1.165) is 27.9 Å². The third-order valence-corrected chi connectivity index (χ3v) is 3.58. The molecule has 0 N–H and O–H groups in total. The molecule has 3 rings (SSSR count). The number of benzene rings is 2. The van der Waals surface area contributed by atoms with E-state index in [-0.39, 0.29) is 0 Å². The van der Waals surface area contributed by atoms with Gasteiger partial charge >= 0.3 is 0 Å². The first-order valence-corrected chi connectivity index (χ1v) is 6.92. The maximum Gasteiger partial charge on any atom is 0.162 e. The van der Waals surface area contributed by atoms with Gasteiger partial charge in [0, 0.05) is 17.0 Å². The Morgan fingerprint density at radius 2 is 1.41 bits per heavy atom. The van der Waals surface area contributed by atoms with E-state index in [1.807, 2.05) is 48.5 Å². The van der Waals surface area contributed by atoms with Crippen LogP contribution in [0, 0.1) is 0 Å². The van der Waals surface area contributed by atoms with Gasteiger partial charge in [-0.3, -0.25) is 0 Å². The van der Waals surface area contributed by atoms with Gasteiger partial charge in [-0.1, -0.05) is 6.07 Å². The molecule has 112 valence electrons. The SMILES string of the molecule is COc1ccc(-c2ccc3cc(OC)c(OC)cc3n2)cc1. The van der Waals surface area contributed by atoms with Crippen LogP contribution in [0.15, 0.2) is 48.5 Å². The zero-order valence-electron chi connectivity index (χ0n) is 12.8. The van der Waals surface area contributed by atoms with Gasteiger partial charge in [0.2, 0.25) is 0 Å². The molecule has 0 bridgehead atoms. The van der Waals surface area contributed by atoms with Crippen LogP contribution in [-0.2, 0) is 0 Å². The summed E-state index contributed by atoms with van der Waals surface area (Å²) < 4.78 is 15.8. The molecule has 0 saturated heterocycles. The van der Waals surface area contributed by atoms with Crippen molar-refractivity contribution in [1.82, 2.24) is 4.98 Å². The number of fused-ring (bicyclic) bond motifs is 1. The monoisotopic (exact) mass is 295 g/mol. The van der Waals surface area contributed by atoms with Gasteiger partial charge in [-0.15, -0.1) is 0 Å². The average molecular weight is 295 g/mol. The summed E-state index contributed by atoms with van der Waals surface area (Å²) in [5.74, 6) is 2.21. The average Bonchev–Trinajstić information content (AvgIpc) is 2.60. The first kappa shape index (κ1) is 14.2. The summed E-state index contributed by atoms with van der Waals surface area (Å²) in [7, 11) is 4.91. The number of rotatable bonds is 4. The Bertz CT molecular complexity index is 797. The second-order valence-corrected chi connectivity index (χ2v) is 4.82. The largest absolute Gasteiger partial charge is 0.497 e. The standard InChI is InChI=1S/C18H17NO3/c1-20-14-7-4-12(5-8-14)15-9-6-13-10-17(21-2)18(22-3)11-16(13)19-15/h4-11H,1-3H3. The van der Waals surface area contributed by atoms with Crippen LogP contribution in [0.25, 0.3) is 22.2 Å². The van der Waals surface area contributed by atoms with Crippen molar-refractivity contribution in [2.45, 2.75) is 0 Å². The normalized spacial score (nSPS) is 10.5. The second-order valence-electron chi connectivity index (χ2n) is 4.82. The lowest BCUT2D eigenvalue weighted by Gasteiger charge is -2.10. The van der Waals surface area contributed by atoms with Gasteiger partial charge in [0.15, 0.2) is 11.5 Å². The van der Waals surface area contributed by atoms with Crippen LogP contribution >= 0.6 is 0 Å². The molecule has 0 saturated carbocycles. The predicted octanol–water partition coefficient (Wildman–Crippen LogP) is 3.93. The van der Waals surface area contributed by atoms with E-state index in [0.29, 0.717) is 11.5 Å². The van der Waals surface area contributed by atoms with Crippen molar-refractivity contribution in [3.05, 3.63) is 48.5 Å². The highest BCUT2D eigenvalue weighted by Crippen LogP contribution is 2.32. The first-order chi connectivity index (χ1) is 10.7. The number of pyridine rings is 1. The zero-order valence-corrected chi connectivity index (χ0v) is 12.8. The van der Waals surface area contributed by atoms with Crippen molar-refractivity contribution in [3.8, 4) is 28.5 Å². The Hall–Kier alpha value is -2.75. The van der Waals surface area contributed by atoms with E-state index in [4.69, 9.17) is 19.2 Å². The Labute approximate surface area is 129 Å². The minimum Gasteiger partial charge on any atom is -0.497 e. The number of aromatic nitrogens is 1. The molecule has 0 radical (unpaired) electrons. The van der Waals surface area contributed by atoms with Crippen LogP contribution in [0.4, 0.5) is 0 Å². The molecule has 0 fully saturated rings. The lowest BCUT2D eigenvalue weighted by molar-refractivity contribution is 0.356. The van der Waals surface area contributed by atoms with Gasteiger partial charge < -0.3 is 14.2 Å². The van der Waals surface area contributed by atoms with Crippen molar-refractivity contribution in [2.75, 3.05) is 21.3 Å². The topological polar surface area (TPSA) is 40.6 Å². The summed E-state index contributed by atoms with van der Waals surface area (Å²) in [5.41, 5.74) is 2.81. The maximum atomic E-state index is 5.34. The highest BCUT2D eigenvalue weighted by Gasteiger charge is 2.08. The van der Waals surface area contributed by atoms with E-state index in [9.17, 15) is 0 Å². The first-order valence-electron chi connectivity index (χ1n) is 6.92. The van der Waals surface area contributed by atoms with Crippen LogP contribution in [-0.4, -0.2) is 26.3 Å². The predicted molar refractivity (Wildman–Crippen MR) is 86.8 cm³/mol. The number of nitrogens with zero attached hydrogens (tertiary/aromatic N) is 1. The molecule has 0 amide bonds. The fourth-order valence-electron chi connectivity index (χ4n) is 2.37. The highest BCUT2D eigenvalue weighted by atomic mass is 16.5. The smallest absolute Gasteiger partial charge is 0.162 e. The van der Waals surface area contributed by atoms with Gasteiger partial charge in [-0.05, 0) is 36.4 Å². The number of methoxy groups -OCH3 is 3. The van der Waals surface area contributed by atoms with Crippen molar-refractivity contribution >= 4 is 10.9 Å². The Balaban J connectivity index is 2.08. The van der Waals surface area contributed by atoms with Crippen LogP contribution in [0.5, 0.6) is 17.2 Å². The fourth-order valence-corrected chi connectivity index (χ4v) is 2.37. The van der Waals surface area contributed by atoms with E-state index in [1.165, 1.54) is 0 Å². The molecule has 0 aliphatic rings. The zero-order chi connectivity index (χ0) is 15.5. The summed E-state index contributed by atoms with van der Waals surface area (Å²) in [6.07, 6.45) is 0. The van der Waals surface area contributed by atoms with E-state index in [2.05, 4.69) is 0 Å². The minimum absolute atomic E-state index is 0.675. The molecule has 1 aromatic heterocycles. The number of ether oxygens (including phenoxy) is 3. The Morgan fingerprint density at radius 1 is 0.727 bits per heavy atom. The summed E-state index contributed by atoms with van der Waals surface area (Å²) in [6.45, 7) is 0. The van der Waals surface area contributed by atoms with Gasteiger partial charge in [0.05, 0.1) is 32.5 Å². The Morgan fingerprint density at radius 3 is 2.05 bits per heavy atom. The van der Waals surface area contributed by atoms with E-state index in [1.54, 1.807) is 21.3 Å². The quantitative estimate of drug-likeness (QED) is 0.731. The summed E-state index contributed by atoms with van der Waals surface area (Å²) in [4.78, 5) is 4.71. The van der Waals surface area contributed by atoms with Crippen LogP contribution < -0.4 is 14.2 Å². The molecule has 2 aromatic carbocycles. The lowest BCUT2D eigenvalue weighted by Crippen LogP contribution is -1.92. The highest BCUT2D eigenvalue weighted by molar-refractivity contribution is 5.85. The summed E-state index contributed by atoms with van der Waals surface area (Å²) in [6, 6.07) is 15.7. The Kier molecular flexibility index (Phi) is 3.83. The van der Waals surface area contributed by atoms with Crippen LogP contribution in [0.3, 0.4) is 0 Å². The molecule has 0 spiro atoms. The summed E-state index contributed by atoms with van der Waals surface area (Å²) >= 11 is 0. The number of hydrogen-bond acceptors (Lipinski definition) is 4.